The van der Waals surface area contributed by atoms with Crippen molar-refractivity contribution < 1.29 is 19.1 Å². The Morgan fingerprint density at radius 2 is 2.10 bits per heavy atom. The van der Waals surface area contributed by atoms with Crippen molar-refractivity contribution in [3.05, 3.63) is 10.4 Å². The van der Waals surface area contributed by atoms with Crippen molar-refractivity contribution in [2.75, 3.05) is 13.2 Å². The molecule has 1 heterocycles. The lowest BCUT2D eigenvalue weighted by Crippen LogP contribution is -2.44. The Labute approximate surface area is 117 Å². The summed E-state index contributed by atoms with van der Waals surface area (Å²) in [5.74, 6) is -0.506. The maximum Gasteiger partial charge on any atom is 0.411 e. The van der Waals surface area contributed by atoms with E-state index in [0.717, 1.165) is 0 Å². The fraction of sp³-hybridized carbons (Fsp3) is 0.833. The van der Waals surface area contributed by atoms with Crippen LogP contribution in [0.5, 0.6) is 0 Å². The third-order valence-corrected chi connectivity index (χ3v) is 2.68. The molecule has 0 bridgehead atoms. The number of hydrogen-bond acceptors (Lipinski definition) is 5. The lowest BCUT2D eigenvalue weighted by molar-refractivity contribution is -0.148. The Balaban J connectivity index is 2.85. The molecule has 0 radical (unpaired) electrons. The minimum absolute atomic E-state index is 0.155. The Bertz CT molecular complexity index is 426. The number of carbonyl (C=O) groups excluding carboxylic acids is 2. The molecule has 1 rings (SSSR count). The highest BCUT2D eigenvalue weighted by molar-refractivity contribution is 5.82. The highest BCUT2D eigenvalue weighted by Gasteiger charge is 2.41. The minimum Gasteiger partial charge on any atom is -0.464 e. The standard InChI is InChI=1S/C12H20N4O4/c1-5-19-10(17)9-6-8(14-15-13)7-16(9)11(18)20-12(2,3)4/h8-9H,5-7H2,1-4H3/t8-,9-/m0/s1. The Morgan fingerprint density at radius 3 is 2.60 bits per heavy atom. The van der Waals surface area contributed by atoms with Crippen molar-refractivity contribution in [2.45, 2.75) is 51.8 Å². The third-order valence-electron chi connectivity index (χ3n) is 2.68. The van der Waals surface area contributed by atoms with E-state index in [-0.39, 0.29) is 19.6 Å². The molecule has 1 fully saturated rings. The zero-order valence-corrected chi connectivity index (χ0v) is 12.2. The van der Waals surface area contributed by atoms with E-state index in [4.69, 9.17) is 15.0 Å². The summed E-state index contributed by atoms with van der Waals surface area (Å²) in [4.78, 5) is 27.9. The van der Waals surface area contributed by atoms with Gasteiger partial charge in [-0.1, -0.05) is 5.11 Å². The monoisotopic (exact) mass is 284 g/mol. The van der Waals surface area contributed by atoms with Gasteiger partial charge in [0.1, 0.15) is 11.6 Å². The largest absolute Gasteiger partial charge is 0.464 e. The van der Waals surface area contributed by atoms with E-state index < -0.39 is 29.7 Å². The van der Waals surface area contributed by atoms with E-state index in [1.807, 2.05) is 0 Å². The lowest BCUT2D eigenvalue weighted by Gasteiger charge is -2.27. The normalized spacial score (nSPS) is 22.1. The van der Waals surface area contributed by atoms with Gasteiger partial charge in [0.05, 0.1) is 12.6 Å². The van der Waals surface area contributed by atoms with Crippen LogP contribution in [0, 0.1) is 0 Å². The van der Waals surface area contributed by atoms with Crippen molar-refractivity contribution >= 4 is 12.1 Å². The average molecular weight is 284 g/mol. The molecule has 0 unspecified atom stereocenters. The molecule has 1 aliphatic heterocycles. The van der Waals surface area contributed by atoms with E-state index in [2.05, 4.69) is 10.0 Å². The second kappa shape index (κ2) is 6.47. The van der Waals surface area contributed by atoms with Crippen molar-refractivity contribution in [3.8, 4) is 0 Å². The predicted molar refractivity (Wildman–Crippen MR) is 70.9 cm³/mol. The maximum absolute atomic E-state index is 12.1. The van der Waals surface area contributed by atoms with Gasteiger partial charge < -0.3 is 9.47 Å². The molecule has 8 heteroatoms. The van der Waals surface area contributed by atoms with Gasteiger partial charge in [0.25, 0.3) is 0 Å². The number of ether oxygens (including phenoxy) is 2. The van der Waals surface area contributed by atoms with Crippen LogP contribution in [-0.2, 0) is 14.3 Å². The first-order chi connectivity index (χ1) is 9.28. The molecule has 112 valence electrons. The Kier molecular flexibility index (Phi) is 5.21. The van der Waals surface area contributed by atoms with Crippen LogP contribution in [0.3, 0.4) is 0 Å². The molecule has 0 aromatic carbocycles. The first kappa shape index (κ1) is 16.1. The van der Waals surface area contributed by atoms with E-state index in [1.165, 1.54) is 4.90 Å². The Morgan fingerprint density at radius 1 is 1.45 bits per heavy atom. The zero-order chi connectivity index (χ0) is 15.3. The van der Waals surface area contributed by atoms with Gasteiger partial charge in [-0.15, -0.1) is 0 Å². The second-order valence-electron chi connectivity index (χ2n) is 5.49. The van der Waals surface area contributed by atoms with E-state index in [1.54, 1.807) is 27.7 Å². The molecule has 1 amide bonds. The second-order valence-corrected chi connectivity index (χ2v) is 5.49. The summed E-state index contributed by atoms with van der Waals surface area (Å²) >= 11 is 0. The van der Waals surface area contributed by atoms with Crippen molar-refractivity contribution in [1.29, 1.82) is 0 Å². The average Bonchev–Trinajstić information content (AvgIpc) is 2.72. The highest BCUT2D eigenvalue weighted by atomic mass is 16.6. The number of rotatable bonds is 3. The summed E-state index contributed by atoms with van der Waals surface area (Å²) < 4.78 is 10.2. The van der Waals surface area contributed by atoms with E-state index in [0.29, 0.717) is 0 Å². The van der Waals surface area contributed by atoms with Gasteiger partial charge in [0, 0.05) is 11.5 Å². The quantitative estimate of drug-likeness (QED) is 0.343. The summed E-state index contributed by atoms with van der Waals surface area (Å²) in [6, 6.07) is -1.21. The van der Waals surface area contributed by atoms with Crippen LogP contribution in [0.4, 0.5) is 4.79 Å². The summed E-state index contributed by atoms with van der Waals surface area (Å²) in [6.07, 6.45) is -0.353. The first-order valence-corrected chi connectivity index (χ1v) is 6.49. The van der Waals surface area contributed by atoms with Crippen LogP contribution in [-0.4, -0.2) is 47.8 Å². The number of amides is 1. The molecule has 0 spiro atoms. The summed E-state index contributed by atoms with van der Waals surface area (Å²) in [6.45, 7) is 7.30. The van der Waals surface area contributed by atoms with Gasteiger partial charge >= 0.3 is 12.1 Å². The van der Waals surface area contributed by atoms with Crippen LogP contribution in [0.1, 0.15) is 34.1 Å². The van der Waals surface area contributed by atoms with Gasteiger partial charge in [-0.25, -0.2) is 9.59 Å². The number of nitrogens with zero attached hydrogens (tertiary/aromatic N) is 4. The number of esters is 1. The van der Waals surface area contributed by atoms with Crippen molar-refractivity contribution in [1.82, 2.24) is 4.90 Å². The van der Waals surface area contributed by atoms with E-state index >= 15 is 0 Å². The predicted octanol–water partition coefficient (Wildman–Crippen LogP) is 2.24. The minimum atomic E-state index is -0.764. The zero-order valence-electron chi connectivity index (χ0n) is 12.2. The molecule has 1 saturated heterocycles. The molecule has 0 aliphatic carbocycles. The SMILES string of the molecule is CCOC(=O)[C@@H]1C[C@H](N=[N+]=[N-])CN1C(=O)OC(C)(C)C. The van der Waals surface area contributed by atoms with Crippen LogP contribution in [0.25, 0.3) is 10.4 Å². The highest BCUT2D eigenvalue weighted by Crippen LogP contribution is 2.24. The molecule has 20 heavy (non-hydrogen) atoms. The molecule has 0 aromatic heterocycles. The molecule has 0 saturated carbocycles. The van der Waals surface area contributed by atoms with E-state index in [9.17, 15) is 9.59 Å². The maximum atomic E-state index is 12.1. The summed E-state index contributed by atoms with van der Waals surface area (Å²) in [7, 11) is 0. The number of likely N-dealkylation sites (tertiary alicyclic amines) is 1. The smallest absolute Gasteiger partial charge is 0.411 e. The lowest BCUT2D eigenvalue weighted by atomic mass is 10.2. The number of hydrogen-bond donors (Lipinski definition) is 0. The molecule has 8 nitrogen and oxygen atoms in total. The molecular weight excluding hydrogens is 264 g/mol. The Hall–Kier alpha value is -1.95. The van der Waals surface area contributed by atoms with Gasteiger partial charge in [0.15, 0.2) is 0 Å². The number of azide groups is 1. The molecule has 0 N–H and O–H groups in total. The molecule has 1 aliphatic rings. The van der Waals surface area contributed by atoms with Gasteiger partial charge in [-0.3, -0.25) is 4.90 Å². The molecular formula is C12H20N4O4. The third kappa shape index (κ3) is 4.31. The summed E-state index contributed by atoms with van der Waals surface area (Å²) in [5.41, 5.74) is 7.81. The van der Waals surface area contributed by atoms with Crippen molar-refractivity contribution in [3.63, 3.8) is 0 Å². The van der Waals surface area contributed by atoms with Crippen LogP contribution >= 0.6 is 0 Å². The fourth-order valence-corrected chi connectivity index (χ4v) is 1.95. The van der Waals surface area contributed by atoms with Gasteiger partial charge in [-0.2, -0.15) is 0 Å². The topological polar surface area (TPSA) is 105 Å². The van der Waals surface area contributed by atoms with Gasteiger partial charge in [0.2, 0.25) is 0 Å². The fourth-order valence-electron chi connectivity index (χ4n) is 1.95. The molecule has 2 atom stereocenters. The van der Waals surface area contributed by atoms with Crippen LogP contribution in [0.2, 0.25) is 0 Å². The summed E-state index contributed by atoms with van der Waals surface area (Å²) in [5, 5.41) is 3.57. The van der Waals surface area contributed by atoms with Crippen molar-refractivity contribution in [2.24, 2.45) is 5.11 Å². The van der Waals surface area contributed by atoms with Crippen LogP contribution in [0.15, 0.2) is 5.11 Å². The molecule has 0 aromatic rings. The first-order valence-electron chi connectivity index (χ1n) is 6.49. The van der Waals surface area contributed by atoms with Gasteiger partial charge in [-0.05, 0) is 39.6 Å². The number of carbonyl (C=O) groups is 2. The van der Waals surface area contributed by atoms with Crippen LogP contribution < -0.4 is 0 Å².